The second-order valence-corrected chi connectivity index (χ2v) is 5.47. The molecule has 2 aromatic rings. The van der Waals surface area contributed by atoms with Crippen molar-refractivity contribution in [1.82, 2.24) is 5.32 Å². The van der Waals surface area contributed by atoms with Crippen LogP contribution in [0, 0.1) is 5.92 Å². The summed E-state index contributed by atoms with van der Waals surface area (Å²) >= 11 is 0. The number of amides is 1. The third kappa shape index (κ3) is 3.43. The molecule has 0 saturated carbocycles. The van der Waals surface area contributed by atoms with E-state index < -0.39 is 11.9 Å². The molecule has 6 heteroatoms. The molecule has 120 valence electrons. The van der Waals surface area contributed by atoms with Gasteiger partial charge in [-0.15, -0.1) is 0 Å². The van der Waals surface area contributed by atoms with E-state index in [4.69, 9.17) is 14.3 Å². The van der Waals surface area contributed by atoms with Crippen molar-refractivity contribution >= 4 is 11.9 Å². The standard InChI is InChI=1S/C17H17NO5/c19-16(14-8-13(10-23-14)17(20)21)18-9-12-6-7-22-15(12)11-4-2-1-3-5-11/h1-5,8,10,12,15H,6-7,9H2,(H,18,19)(H,20,21)/t12-,15-/m1/s1. The molecule has 1 saturated heterocycles. The third-order valence-corrected chi connectivity index (χ3v) is 3.94. The first-order valence-electron chi connectivity index (χ1n) is 7.41. The van der Waals surface area contributed by atoms with Gasteiger partial charge in [0.1, 0.15) is 6.26 Å². The molecule has 0 unspecified atom stereocenters. The summed E-state index contributed by atoms with van der Waals surface area (Å²) in [5, 5.41) is 11.6. The van der Waals surface area contributed by atoms with Gasteiger partial charge in [0.05, 0.1) is 11.7 Å². The van der Waals surface area contributed by atoms with E-state index >= 15 is 0 Å². The second kappa shape index (κ2) is 6.66. The zero-order chi connectivity index (χ0) is 16.2. The number of ether oxygens (including phenoxy) is 1. The number of rotatable bonds is 5. The van der Waals surface area contributed by atoms with E-state index in [0.29, 0.717) is 13.2 Å². The van der Waals surface area contributed by atoms with E-state index in [1.165, 1.54) is 6.07 Å². The monoisotopic (exact) mass is 315 g/mol. The molecule has 0 aliphatic carbocycles. The normalized spacial score (nSPS) is 20.3. The summed E-state index contributed by atoms with van der Waals surface area (Å²) in [6.07, 6.45) is 1.88. The summed E-state index contributed by atoms with van der Waals surface area (Å²) in [5.74, 6) is -1.37. The van der Waals surface area contributed by atoms with Gasteiger partial charge in [-0.05, 0) is 12.0 Å². The van der Waals surface area contributed by atoms with Crippen LogP contribution in [0.1, 0.15) is 39.0 Å². The van der Waals surface area contributed by atoms with Crippen LogP contribution in [-0.2, 0) is 4.74 Å². The Kier molecular flexibility index (Phi) is 4.43. The summed E-state index contributed by atoms with van der Waals surface area (Å²) < 4.78 is 10.8. The van der Waals surface area contributed by atoms with Crippen LogP contribution in [0.15, 0.2) is 47.1 Å². The topological polar surface area (TPSA) is 88.8 Å². The van der Waals surface area contributed by atoms with Gasteiger partial charge < -0.3 is 19.6 Å². The Morgan fingerprint density at radius 2 is 2.04 bits per heavy atom. The van der Waals surface area contributed by atoms with Crippen molar-refractivity contribution in [2.45, 2.75) is 12.5 Å². The Hall–Kier alpha value is -2.60. The minimum Gasteiger partial charge on any atom is -0.478 e. The largest absolute Gasteiger partial charge is 0.478 e. The third-order valence-electron chi connectivity index (χ3n) is 3.94. The SMILES string of the molecule is O=C(O)c1coc(C(=O)NC[C@H]2CCO[C@@H]2c2ccccc2)c1. The molecule has 1 fully saturated rings. The van der Waals surface area contributed by atoms with Crippen molar-refractivity contribution in [1.29, 1.82) is 0 Å². The highest BCUT2D eigenvalue weighted by molar-refractivity contribution is 5.95. The molecule has 3 rings (SSSR count). The van der Waals surface area contributed by atoms with E-state index in [2.05, 4.69) is 5.32 Å². The minimum atomic E-state index is -1.12. The zero-order valence-electron chi connectivity index (χ0n) is 12.4. The molecule has 0 bridgehead atoms. The number of furan rings is 1. The Morgan fingerprint density at radius 1 is 1.26 bits per heavy atom. The fourth-order valence-electron chi connectivity index (χ4n) is 2.73. The fraction of sp³-hybridized carbons (Fsp3) is 0.294. The number of benzene rings is 1. The van der Waals surface area contributed by atoms with Gasteiger partial charge in [-0.1, -0.05) is 30.3 Å². The highest BCUT2D eigenvalue weighted by atomic mass is 16.5. The summed E-state index contributed by atoms with van der Waals surface area (Å²) in [6, 6.07) is 11.1. The van der Waals surface area contributed by atoms with Gasteiger partial charge in [-0.25, -0.2) is 4.79 Å². The minimum absolute atomic E-state index is 0.00224. The maximum absolute atomic E-state index is 12.0. The number of carboxylic acids is 1. The Balaban J connectivity index is 1.60. The van der Waals surface area contributed by atoms with Gasteiger partial charge in [-0.2, -0.15) is 0 Å². The molecule has 23 heavy (non-hydrogen) atoms. The smallest absolute Gasteiger partial charge is 0.338 e. The van der Waals surface area contributed by atoms with Crippen LogP contribution < -0.4 is 5.32 Å². The van der Waals surface area contributed by atoms with Crippen molar-refractivity contribution in [2.75, 3.05) is 13.2 Å². The van der Waals surface area contributed by atoms with Crippen LogP contribution >= 0.6 is 0 Å². The van der Waals surface area contributed by atoms with Gasteiger partial charge in [0.25, 0.3) is 5.91 Å². The average molecular weight is 315 g/mol. The lowest BCUT2D eigenvalue weighted by molar-refractivity contribution is 0.0695. The van der Waals surface area contributed by atoms with Gasteiger partial charge in [0.15, 0.2) is 5.76 Å². The first-order chi connectivity index (χ1) is 11.1. The highest BCUT2D eigenvalue weighted by Crippen LogP contribution is 2.33. The lowest BCUT2D eigenvalue weighted by Gasteiger charge is -2.19. The first kappa shape index (κ1) is 15.3. The fourth-order valence-corrected chi connectivity index (χ4v) is 2.73. The van der Waals surface area contributed by atoms with E-state index in [1.54, 1.807) is 0 Å². The van der Waals surface area contributed by atoms with E-state index in [1.807, 2.05) is 30.3 Å². The van der Waals surface area contributed by atoms with Gasteiger partial charge in [0.2, 0.25) is 0 Å². The van der Waals surface area contributed by atoms with Crippen molar-refractivity contribution in [3.8, 4) is 0 Å². The summed E-state index contributed by atoms with van der Waals surface area (Å²) in [6.45, 7) is 1.10. The molecule has 1 aliphatic heterocycles. The Labute approximate surface area is 133 Å². The van der Waals surface area contributed by atoms with Crippen molar-refractivity contribution in [3.05, 3.63) is 59.5 Å². The number of carbonyl (C=O) groups excluding carboxylic acids is 1. The number of hydrogen-bond acceptors (Lipinski definition) is 4. The van der Waals surface area contributed by atoms with Gasteiger partial charge in [0, 0.05) is 25.1 Å². The highest BCUT2D eigenvalue weighted by Gasteiger charge is 2.30. The summed E-state index contributed by atoms with van der Waals surface area (Å²) in [5.41, 5.74) is 1.05. The molecule has 1 aromatic heterocycles. The van der Waals surface area contributed by atoms with Crippen LogP contribution in [0.3, 0.4) is 0 Å². The zero-order valence-corrected chi connectivity index (χ0v) is 12.4. The average Bonchev–Trinajstić information content (AvgIpc) is 3.22. The molecular weight excluding hydrogens is 298 g/mol. The molecule has 0 spiro atoms. The number of carboxylic acid groups (broad SMARTS) is 1. The Bertz CT molecular complexity index is 694. The van der Waals surface area contributed by atoms with Crippen LogP contribution in [0.25, 0.3) is 0 Å². The lowest BCUT2D eigenvalue weighted by Crippen LogP contribution is -2.30. The Morgan fingerprint density at radius 3 is 2.74 bits per heavy atom. The van der Waals surface area contributed by atoms with Crippen LogP contribution in [0.5, 0.6) is 0 Å². The molecule has 2 atom stereocenters. The number of nitrogens with one attached hydrogen (secondary N) is 1. The molecule has 6 nitrogen and oxygen atoms in total. The van der Waals surface area contributed by atoms with Crippen molar-refractivity contribution in [3.63, 3.8) is 0 Å². The molecule has 0 radical (unpaired) electrons. The maximum Gasteiger partial charge on any atom is 0.338 e. The van der Waals surface area contributed by atoms with Gasteiger partial charge in [-0.3, -0.25) is 4.79 Å². The van der Waals surface area contributed by atoms with Crippen molar-refractivity contribution < 1.29 is 23.8 Å². The molecule has 1 aliphatic rings. The van der Waals surface area contributed by atoms with Gasteiger partial charge >= 0.3 is 5.97 Å². The van der Waals surface area contributed by atoms with Crippen molar-refractivity contribution in [2.24, 2.45) is 5.92 Å². The number of hydrogen-bond donors (Lipinski definition) is 2. The molecule has 2 heterocycles. The lowest BCUT2D eigenvalue weighted by atomic mass is 9.95. The number of carbonyl (C=O) groups is 2. The van der Waals surface area contributed by atoms with Crippen LogP contribution in [0.2, 0.25) is 0 Å². The van der Waals surface area contributed by atoms with Crippen LogP contribution in [0.4, 0.5) is 0 Å². The molecule has 1 aromatic carbocycles. The molecule has 1 amide bonds. The second-order valence-electron chi connectivity index (χ2n) is 5.47. The first-order valence-corrected chi connectivity index (χ1v) is 7.41. The summed E-state index contributed by atoms with van der Waals surface area (Å²) in [7, 11) is 0. The van der Waals surface area contributed by atoms with E-state index in [9.17, 15) is 9.59 Å². The number of aromatic carboxylic acids is 1. The molecular formula is C17H17NO5. The predicted octanol–water partition coefficient (Wildman–Crippen LogP) is 2.49. The maximum atomic E-state index is 12.0. The predicted molar refractivity (Wildman–Crippen MR) is 81.2 cm³/mol. The van der Waals surface area contributed by atoms with E-state index in [-0.39, 0.29) is 23.3 Å². The summed E-state index contributed by atoms with van der Waals surface area (Å²) in [4.78, 5) is 22.8. The van der Waals surface area contributed by atoms with E-state index in [0.717, 1.165) is 18.2 Å². The van der Waals surface area contributed by atoms with Crippen LogP contribution in [-0.4, -0.2) is 30.1 Å². The quantitative estimate of drug-likeness (QED) is 0.885. The molecule has 2 N–H and O–H groups in total.